The van der Waals surface area contributed by atoms with E-state index in [0.29, 0.717) is 25.1 Å². The van der Waals surface area contributed by atoms with E-state index in [9.17, 15) is 13.2 Å². The Balaban J connectivity index is 2.02. The monoisotopic (exact) mass is 261 g/mol. The van der Waals surface area contributed by atoms with Crippen LogP contribution < -0.4 is 5.73 Å². The molecule has 2 rings (SSSR count). The van der Waals surface area contributed by atoms with Gasteiger partial charge < -0.3 is 15.2 Å². The van der Waals surface area contributed by atoms with Gasteiger partial charge in [-0.05, 0) is 11.6 Å². The lowest BCUT2D eigenvalue weighted by atomic mass is 10.1. The van der Waals surface area contributed by atoms with Crippen LogP contribution in [-0.2, 0) is 22.1 Å². The molecule has 1 fully saturated rings. The summed E-state index contributed by atoms with van der Waals surface area (Å²) in [6.07, 6.45) is -4.71. The zero-order valence-corrected chi connectivity index (χ0v) is 9.61. The van der Waals surface area contributed by atoms with E-state index in [2.05, 4.69) is 0 Å². The van der Waals surface area contributed by atoms with Crippen molar-refractivity contribution in [2.45, 2.75) is 25.0 Å². The number of benzene rings is 1. The molecule has 0 saturated carbocycles. The van der Waals surface area contributed by atoms with Crippen LogP contribution in [0.25, 0.3) is 0 Å². The Morgan fingerprint density at radius 2 is 2.11 bits per heavy atom. The Hall–Kier alpha value is -1.11. The van der Waals surface area contributed by atoms with Gasteiger partial charge in [-0.2, -0.15) is 13.2 Å². The van der Waals surface area contributed by atoms with Gasteiger partial charge in [-0.1, -0.05) is 18.2 Å². The first-order chi connectivity index (χ1) is 8.49. The molecule has 1 aromatic carbocycles. The number of ether oxygens (including phenoxy) is 2. The Morgan fingerprint density at radius 3 is 2.72 bits per heavy atom. The summed E-state index contributed by atoms with van der Waals surface area (Å²) in [4.78, 5) is 0. The molecule has 2 atom stereocenters. The summed E-state index contributed by atoms with van der Waals surface area (Å²) in [6, 6.07) is 5.16. The van der Waals surface area contributed by atoms with Gasteiger partial charge in [0.1, 0.15) is 0 Å². The number of rotatable bonds is 3. The molecule has 1 aliphatic heterocycles. The Kier molecular flexibility index (Phi) is 3.89. The number of hydrogen-bond acceptors (Lipinski definition) is 3. The molecule has 0 radical (unpaired) electrons. The average molecular weight is 261 g/mol. The highest BCUT2D eigenvalue weighted by molar-refractivity contribution is 5.26. The normalized spacial score (nSPS) is 24.4. The van der Waals surface area contributed by atoms with Gasteiger partial charge in [-0.15, -0.1) is 0 Å². The molecule has 0 aliphatic carbocycles. The average Bonchev–Trinajstić information content (AvgIpc) is 2.76. The fraction of sp³-hybridized carbons (Fsp3) is 0.500. The zero-order valence-electron chi connectivity index (χ0n) is 9.61. The lowest BCUT2D eigenvalue weighted by Gasteiger charge is -2.12. The van der Waals surface area contributed by atoms with E-state index in [4.69, 9.17) is 15.2 Å². The van der Waals surface area contributed by atoms with Crippen molar-refractivity contribution < 1.29 is 22.6 Å². The van der Waals surface area contributed by atoms with Gasteiger partial charge in [0.05, 0.1) is 18.3 Å². The van der Waals surface area contributed by atoms with Crippen LogP contribution in [0.5, 0.6) is 0 Å². The van der Waals surface area contributed by atoms with Crippen LogP contribution in [0.3, 0.4) is 0 Å². The van der Waals surface area contributed by atoms with E-state index in [1.165, 1.54) is 6.07 Å². The van der Waals surface area contributed by atoms with E-state index in [0.717, 1.165) is 12.1 Å². The zero-order chi connectivity index (χ0) is 13.2. The fourth-order valence-electron chi connectivity index (χ4n) is 1.81. The molecule has 6 heteroatoms. The number of nitrogens with two attached hydrogens (primary N) is 1. The lowest BCUT2D eigenvalue weighted by Crippen LogP contribution is -2.23. The molecule has 1 aromatic rings. The van der Waals surface area contributed by atoms with Crippen molar-refractivity contribution in [1.29, 1.82) is 0 Å². The van der Waals surface area contributed by atoms with Gasteiger partial charge in [0.15, 0.2) is 6.29 Å². The molecule has 0 bridgehead atoms. The first kappa shape index (κ1) is 13.3. The molecule has 1 aliphatic rings. The molecule has 2 N–H and O–H groups in total. The van der Waals surface area contributed by atoms with Gasteiger partial charge in [-0.3, -0.25) is 0 Å². The van der Waals surface area contributed by atoms with E-state index in [-0.39, 0.29) is 6.10 Å². The van der Waals surface area contributed by atoms with Gasteiger partial charge in [0, 0.05) is 13.0 Å². The maximum atomic E-state index is 12.5. The lowest BCUT2D eigenvalue weighted by molar-refractivity contribution is -0.137. The molecule has 18 heavy (non-hydrogen) atoms. The van der Waals surface area contributed by atoms with E-state index in [1.54, 1.807) is 6.07 Å². The molecule has 1 heterocycles. The van der Waals surface area contributed by atoms with Crippen LogP contribution in [0, 0.1) is 0 Å². The third-order valence-corrected chi connectivity index (χ3v) is 2.73. The highest BCUT2D eigenvalue weighted by Crippen LogP contribution is 2.30. The van der Waals surface area contributed by atoms with Crippen LogP contribution in [0.4, 0.5) is 13.2 Å². The van der Waals surface area contributed by atoms with Gasteiger partial charge in [0.2, 0.25) is 0 Å². The number of hydrogen-bond donors (Lipinski definition) is 1. The largest absolute Gasteiger partial charge is 0.416 e. The summed E-state index contributed by atoms with van der Waals surface area (Å²) < 4.78 is 48.3. The maximum absolute atomic E-state index is 12.5. The maximum Gasteiger partial charge on any atom is 0.416 e. The molecular formula is C12H14F3NO2. The van der Waals surface area contributed by atoms with Crippen molar-refractivity contribution in [2.75, 3.05) is 13.2 Å². The Morgan fingerprint density at radius 1 is 1.33 bits per heavy atom. The second-order valence-corrected chi connectivity index (χ2v) is 4.16. The molecule has 0 aromatic heterocycles. The summed E-state index contributed by atoms with van der Waals surface area (Å²) in [6.45, 7) is 0.735. The molecule has 100 valence electrons. The summed E-state index contributed by atoms with van der Waals surface area (Å²) in [5, 5.41) is 0. The third kappa shape index (κ3) is 3.22. The number of alkyl halides is 3. The van der Waals surface area contributed by atoms with Gasteiger partial charge in [0.25, 0.3) is 0 Å². The summed E-state index contributed by atoms with van der Waals surface area (Å²) >= 11 is 0. The summed E-state index contributed by atoms with van der Waals surface area (Å²) in [5.74, 6) is 0. The van der Waals surface area contributed by atoms with Crippen molar-refractivity contribution in [2.24, 2.45) is 5.73 Å². The van der Waals surface area contributed by atoms with Crippen LogP contribution in [0.1, 0.15) is 11.1 Å². The van der Waals surface area contributed by atoms with Crippen molar-refractivity contribution in [3.63, 3.8) is 0 Å². The summed E-state index contributed by atoms with van der Waals surface area (Å²) in [5.41, 5.74) is 5.29. The molecule has 1 saturated heterocycles. The highest BCUT2D eigenvalue weighted by Gasteiger charge is 2.31. The SMILES string of the molecule is NCC1COC(Cc2cccc(C(F)(F)F)c2)O1. The van der Waals surface area contributed by atoms with E-state index in [1.807, 2.05) is 0 Å². The molecule has 0 amide bonds. The second-order valence-electron chi connectivity index (χ2n) is 4.16. The highest BCUT2D eigenvalue weighted by atomic mass is 19.4. The van der Waals surface area contributed by atoms with Gasteiger partial charge in [-0.25, -0.2) is 0 Å². The van der Waals surface area contributed by atoms with Crippen molar-refractivity contribution in [3.8, 4) is 0 Å². The molecular weight excluding hydrogens is 247 g/mol. The fourth-order valence-corrected chi connectivity index (χ4v) is 1.81. The smallest absolute Gasteiger partial charge is 0.350 e. The second kappa shape index (κ2) is 5.26. The van der Waals surface area contributed by atoms with E-state index < -0.39 is 18.0 Å². The standard InChI is InChI=1S/C12H14F3NO2/c13-12(14,15)9-3-1-2-8(4-9)5-11-17-7-10(6-16)18-11/h1-4,10-11H,5-7,16H2. The predicted molar refractivity (Wildman–Crippen MR) is 58.8 cm³/mol. The Labute approximate surface area is 103 Å². The molecule has 2 unspecified atom stereocenters. The minimum Gasteiger partial charge on any atom is -0.350 e. The van der Waals surface area contributed by atoms with Crippen LogP contribution in [0.2, 0.25) is 0 Å². The van der Waals surface area contributed by atoms with Crippen LogP contribution in [-0.4, -0.2) is 25.5 Å². The summed E-state index contributed by atoms with van der Waals surface area (Å²) in [7, 11) is 0. The molecule has 3 nitrogen and oxygen atoms in total. The van der Waals surface area contributed by atoms with Crippen LogP contribution >= 0.6 is 0 Å². The topological polar surface area (TPSA) is 44.5 Å². The van der Waals surface area contributed by atoms with E-state index >= 15 is 0 Å². The predicted octanol–water partition coefficient (Wildman–Crippen LogP) is 1.95. The van der Waals surface area contributed by atoms with Crippen molar-refractivity contribution >= 4 is 0 Å². The quantitative estimate of drug-likeness (QED) is 0.904. The molecule has 0 spiro atoms. The first-order valence-electron chi connectivity index (χ1n) is 5.62. The number of halogens is 3. The Bertz CT molecular complexity index is 409. The minimum atomic E-state index is -4.33. The third-order valence-electron chi connectivity index (χ3n) is 2.73. The minimum absolute atomic E-state index is 0.166. The first-order valence-corrected chi connectivity index (χ1v) is 5.62. The van der Waals surface area contributed by atoms with Gasteiger partial charge >= 0.3 is 6.18 Å². The van der Waals surface area contributed by atoms with Crippen LogP contribution in [0.15, 0.2) is 24.3 Å². The van der Waals surface area contributed by atoms with Crippen molar-refractivity contribution in [1.82, 2.24) is 0 Å². The van der Waals surface area contributed by atoms with Crippen molar-refractivity contribution in [3.05, 3.63) is 35.4 Å².